The quantitative estimate of drug-likeness (QED) is 0.140. The molecule has 0 atom stereocenters. The first kappa shape index (κ1) is 23.8. The van der Waals surface area contributed by atoms with E-state index in [1.54, 1.807) is 18.2 Å². The minimum Gasteiger partial charge on any atom is -0.353 e. The summed E-state index contributed by atoms with van der Waals surface area (Å²) in [5, 5.41) is 19.5. The summed E-state index contributed by atoms with van der Waals surface area (Å²) in [6.07, 6.45) is 1.68. The van der Waals surface area contributed by atoms with E-state index in [1.165, 1.54) is 12.1 Å². The standard InChI is InChI=1S/C17H25N5O3.HI/c1-5-10-18-16(20-12-15(23)21-17(2,3)4)19-11-13-6-8-14(9-7-13)22(24)25;/h5-9H,1,10-12H2,2-4H3,(H,21,23)(H2,18,19,20);1H. The van der Waals surface area contributed by atoms with Gasteiger partial charge in [-0.05, 0) is 26.3 Å². The molecule has 0 bridgehead atoms. The molecular weight excluding hydrogens is 449 g/mol. The number of nitrogens with zero attached hydrogens (tertiary/aromatic N) is 2. The van der Waals surface area contributed by atoms with Crippen molar-refractivity contribution >= 4 is 41.5 Å². The second kappa shape index (κ2) is 11.4. The number of nitro groups is 1. The fraction of sp³-hybridized carbons (Fsp3) is 0.412. The van der Waals surface area contributed by atoms with Crippen molar-refractivity contribution in [2.75, 3.05) is 13.1 Å². The maximum absolute atomic E-state index is 11.9. The highest BCUT2D eigenvalue weighted by Gasteiger charge is 2.13. The Morgan fingerprint density at radius 1 is 1.27 bits per heavy atom. The first-order valence-corrected chi connectivity index (χ1v) is 7.88. The highest BCUT2D eigenvalue weighted by atomic mass is 127. The Kier molecular flexibility index (Phi) is 10.5. The Morgan fingerprint density at radius 2 is 1.88 bits per heavy atom. The predicted octanol–water partition coefficient (Wildman–Crippen LogP) is 2.35. The lowest BCUT2D eigenvalue weighted by atomic mass is 10.1. The van der Waals surface area contributed by atoms with Crippen LogP contribution in [-0.2, 0) is 11.3 Å². The number of amides is 1. The first-order chi connectivity index (χ1) is 11.7. The molecule has 0 saturated carbocycles. The summed E-state index contributed by atoms with van der Waals surface area (Å²) >= 11 is 0. The lowest BCUT2D eigenvalue weighted by molar-refractivity contribution is -0.384. The van der Waals surface area contributed by atoms with Gasteiger partial charge in [-0.15, -0.1) is 30.6 Å². The number of non-ortho nitro benzene ring substituents is 1. The van der Waals surface area contributed by atoms with Gasteiger partial charge in [-0.1, -0.05) is 18.2 Å². The van der Waals surface area contributed by atoms with Gasteiger partial charge in [-0.3, -0.25) is 14.9 Å². The van der Waals surface area contributed by atoms with Crippen molar-refractivity contribution in [2.45, 2.75) is 32.9 Å². The zero-order valence-electron chi connectivity index (χ0n) is 15.2. The third kappa shape index (κ3) is 9.97. The number of hydrogen-bond donors (Lipinski definition) is 3. The van der Waals surface area contributed by atoms with Crippen molar-refractivity contribution in [1.29, 1.82) is 0 Å². The Hall–Kier alpha value is -2.17. The first-order valence-electron chi connectivity index (χ1n) is 7.88. The van der Waals surface area contributed by atoms with Crippen LogP contribution in [0.5, 0.6) is 0 Å². The number of carbonyl (C=O) groups is 1. The molecule has 0 radical (unpaired) electrons. The van der Waals surface area contributed by atoms with Gasteiger partial charge in [0, 0.05) is 24.2 Å². The average molecular weight is 475 g/mol. The molecule has 0 saturated heterocycles. The van der Waals surface area contributed by atoms with E-state index < -0.39 is 4.92 Å². The van der Waals surface area contributed by atoms with Crippen LogP contribution < -0.4 is 16.0 Å². The van der Waals surface area contributed by atoms with E-state index in [4.69, 9.17) is 0 Å². The van der Waals surface area contributed by atoms with Gasteiger partial charge in [0.2, 0.25) is 5.91 Å². The Balaban J connectivity index is 0.00000625. The molecular formula is C17H26IN5O3. The van der Waals surface area contributed by atoms with Gasteiger partial charge in [0.1, 0.15) is 0 Å². The van der Waals surface area contributed by atoms with Gasteiger partial charge in [0.15, 0.2) is 5.96 Å². The van der Waals surface area contributed by atoms with E-state index in [2.05, 4.69) is 27.5 Å². The van der Waals surface area contributed by atoms with Crippen molar-refractivity contribution in [3.63, 3.8) is 0 Å². The Morgan fingerprint density at radius 3 is 2.38 bits per heavy atom. The lowest BCUT2D eigenvalue weighted by Gasteiger charge is -2.21. The lowest BCUT2D eigenvalue weighted by Crippen LogP contribution is -2.48. The van der Waals surface area contributed by atoms with Crippen LogP contribution in [0.1, 0.15) is 26.3 Å². The Bertz CT molecular complexity index is 639. The number of hydrogen-bond acceptors (Lipinski definition) is 4. The molecule has 1 aromatic rings. The molecule has 0 heterocycles. The van der Waals surface area contributed by atoms with Crippen molar-refractivity contribution in [2.24, 2.45) is 4.99 Å². The van der Waals surface area contributed by atoms with E-state index in [9.17, 15) is 14.9 Å². The van der Waals surface area contributed by atoms with Crippen molar-refractivity contribution in [3.8, 4) is 0 Å². The Labute approximate surface area is 170 Å². The average Bonchev–Trinajstić information content (AvgIpc) is 2.53. The molecule has 1 rings (SSSR count). The topological polar surface area (TPSA) is 109 Å². The highest BCUT2D eigenvalue weighted by molar-refractivity contribution is 14.0. The van der Waals surface area contributed by atoms with Gasteiger partial charge >= 0.3 is 0 Å². The highest BCUT2D eigenvalue weighted by Crippen LogP contribution is 2.12. The molecule has 3 N–H and O–H groups in total. The molecule has 9 heteroatoms. The molecule has 8 nitrogen and oxygen atoms in total. The summed E-state index contributed by atoms with van der Waals surface area (Å²) in [5.74, 6) is 0.318. The van der Waals surface area contributed by atoms with E-state index in [0.717, 1.165) is 5.56 Å². The number of halogens is 1. The minimum atomic E-state index is -0.445. The predicted molar refractivity (Wildman–Crippen MR) is 114 cm³/mol. The smallest absolute Gasteiger partial charge is 0.269 e. The SMILES string of the molecule is C=CCNC(=NCc1ccc([N+](=O)[O-])cc1)NCC(=O)NC(C)(C)C.I. The molecule has 0 aliphatic heterocycles. The fourth-order valence-electron chi connectivity index (χ4n) is 1.86. The van der Waals surface area contributed by atoms with E-state index in [0.29, 0.717) is 19.0 Å². The van der Waals surface area contributed by atoms with Crippen molar-refractivity contribution < 1.29 is 9.72 Å². The van der Waals surface area contributed by atoms with Crippen LogP contribution in [0.15, 0.2) is 41.9 Å². The van der Waals surface area contributed by atoms with Gasteiger partial charge in [0.05, 0.1) is 18.0 Å². The second-order valence-electron chi connectivity index (χ2n) is 6.41. The maximum atomic E-state index is 11.9. The normalized spacial score (nSPS) is 11.1. The van der Waals surface area contributed by atoms with Crippen LogP contribution in [0, 0.1) is 10.1 Å². The third-order valence-electron chi connectivity index (χ3n) is 2.91. The molecule has 0 aliphatic rings. The van der Waals surface area contributed by atoms with Crippen LogP contribution in [-0.4, -0.2) is 35.4 Å². The zero-order valence-corrected chi connectivity index (χ0v) is 17.6. The molecule has 0 spiro atoms. The molecule has 1 aromatic carbocycles. The van der Waals surface area contributed by atoms with Crippen LogP contribution >= 0.6 is 24.0 Å². The minimum absolute atomic E-state index is 0. The second-order valence-corrected chi connectivity index (χ2v) is 6.41. The number of nitrogens with one attached hydrogen (secondary N) is 3. The van der Waals surface area contributed by atoms with E-state index >= 15 is 0 Å². The molecule has 0 aliphatic carbocycles. The van der Waals surface area contributed by atoms with E-state index in [-0.39, 0.29) is 47.7 Å². The van der Waals surface area contributed by atoms with Crippen LogP contribution in [0.3, 0.4) is 0 Å². The van der Waals surface area contributed by atoms with Gasteiger partial charge in [-0.2, -0.15) is 0 Å². The molecule has 0 aromatic heterocycles. The number of aliphatic imine (C=N–C) groups is 1. The molecule has 26 heavy (non-hydrogen) atoms. The van der Waals surface area contributed by atoms with Crippen LogP contribution in [0.4, 0.5) is 5.69 Å². The number of guanidine groups is 1. The molecule has 0 unspecified atom stereocenters. The van der Waals surface area contributed by atoms with Crippen molar-refractivity contribution in [1.82, 2.24) is 16.0 Å². The van der Waals surface area contributed by atoms with Gasteiger partial charge < -0.3 is 16.0 Å². The molecule has 1 amide bonds. The summed E-state index contributed by atoms with van der Waals surface area (Å²) in [6, 6.07) is 6.18. The number of rotatable bonds is 7. The van der Waals surface area contributed by atoms with Crippen LogP contribution in [0.2, 0.25) is 0 Å². The third-order valence-corrected chi connectivity index (χ3v) is 2.91. The monoisotopic (exact) mass is 475 g/mol. The fourth-order valence-corrected chi connectivity index (χ4v) is 1.86. The summed E-state index contributed by atoms with van der Waals surface area (Å²) < 4.78 is 0. The summed E-state index contributed by atoms with van der Waals surface area (Å²) in [4.78, 5) is 26.5. The van der Waals surface area contributed by atoms with Crippen LogP contribution in [0.25, 0.3) is 0 Å². The molecule has 144 valence electrons. The van der Waals surface area contributed by atoms with Gasteiger partial charge in [-0.25, -0.2) is 4.99 Å². The van der Waals surface area contributed by atoms with Gasteiger partial charge in [0.25, 0.3) is 5.69 Å². The summed E-state index contributed by atoms with van der Waals surface area (Å²) in [7, 11) is 0. The van der Waals surface area contributed by atoms with E-state index in [1.807, 2.05) is 20.8 Å². The zero-order chi connectivity index (χ0) is 18.9. The molecule has 0 fully saturated rings. The van der Waals surface area contributed by atoms with Crippen molar-refractivity contribution in [3.05, 3.63) is 52.6 Å². The maximum Gasteiger partial charge on any atom is 0.269 e. The number of carbonyl (C=O) groups excluding carboxylic acids is 1. The summed E-state index contributed by atoms with van der Waals surface area (Å²) in [5.41, 5.74) is 0.558. The number of nitro benzene ring substituents is 1. The summed E-state index contributed by atoms with van der Waals surface area (Å²) in [6.45, 7) is 10.3. The largest absolute Gasteiger partial charge is 0.353 e. The number of benzene rings is 1.